The molecule has 3 heteroatoms. The maximum atomic E-state index is 2.58. The fraction of sp³-hybridized carbons (Fsp3) is 0.0833. The number of fused-ring (bicyclic) bond motifs is 10. The number of nitrogens with zero attached hydrogens (tertiary/aromatic N) is 2. The Morgan fingerprint density at radius 3 is 2.14 bits per heavy atom. The van der Waals surface area contributed by atoms with Gasteiger partial charge in [0.05, 0.1) is 21.9 Å². The second kappa shape index (κ2) is 11.3. The number of thiophene rings is 1. The largest absolute Gasteiger partial charge is 0.310 e. The fourth-order valence-corrected chi connectivity index (χ4v) is 10.1. The van der Waals surface area contributed by atoms with Gasteiger partial charge >= 0.3 is 0 Å². The van der Waals surface area contributed by atoms with Gasteiger partial charge in [0.2, 0.25) is 0 Å². The minimum atomic E-state index is 0.476. The van der Waals surface area contributed by atoms with Crippen LogP contribution in [-0.2, 0) is 0 Å². The highest BCUT2D eigenvalue weighted by molar-refractivity contribution is 7.26. The monoisotopic (exact) mass is 670 g/mol. The molecule has 11 rings (SSSR count). The molecule has 0 spiro atoms. The van der Waals surface area contributed by atoms with Crippen molar-refractivity contribution in [3.63, 3.8) is 0 Å². The molecule has 0 bridgehead atoms. The molecule has 3 heterocycles. The van der Waals surface area contributed by atoms with Gasteiger partial charge in [-0.3, -0.25) is 0 Å². The molecule has 2 nitrogen and oxygen atoms in total. The summed E-state index contributed by atoms with van der Waals surface area (Å²) in [4.78, 5) is 0. The Balaban J connectivity index is 1.08. The third kappa shape index (κ3) is 4.41. The third-order valence-corrected chi connectivity index (χ3v) is 12.4. The molecule has 2 aliphatic carbocycles. The van der Waals surface area contributed by atoms with Crippen LogP contribution in [0.15, 0.2) is 158 Å². The Morgan fingerprint density at radius 2 is 1.27 bits per heavy atom. The zero-order valence-corrected chi connectivity index (χ0v) is 28.9. The molecule has 2 unspecified atom stereocenters. The van der Waals surface area contributed by atoms with Gasteiger partial charge in [0.15, 0.2) is 0 Å². The minimum Gasteiger partial charge on any atom is -0.310 e. The van der Waals surface area contributed by atoms with E-state index in [4.69, 9.17) is 0 Å². The number of hydrogen-bond acceptors (Lipinski definition) is 1. The van der Waals surface area contributed by atoms with E-state index in [9.17, 15) is 0 Å². The van der Waals surface area contributed by atoms with E-state index in [-0.39, 0.29) is 0 Å². The standard InChI is InChI=1S/C48H34N2S/c1-3-11-31(12-4-1)34-21-25-40-45(30-34)50(44-28-26-39-38-16-8-10-18-46(38)51-48(39)47(40)44)36-23-19-32(20-24-36)33-22-27-43-41(29-33)37-15-7-9-17-42(37)49(43)35-13-5-2-6-14-35/h1-11,13-20,22-31,34H,12,21H2. The Kier molecular flexibility index (Phi) is 6.41. The molecule has 2 atom stereocenters. The van der Waals surface area contributed by atoms with Crippen LogP contribution in [0.25, 0.3) is 87.5 Å². The molecule has 0 fully saturated rings. The lowest BCUT2D eigenvalue weighted by Crippen LogP contribution is -2.33. The fourth-order valence-electron chi connectivity index (χ4n) is 8.80. The quantitative estimate of drug-likeness (QED) is 0.176. The van der Waals surface area contributed by atoms with Crippen LogP contribution in [0.3, 0.4) is 0 Å². The lowest BCUT2D eigenvalue weighted by molar-refractivity contribution is 0.508. The predicted octanol–water partition coefficient (Wildman–Crippen LogP) is 11.5. The normalized spacial score (nSPS) is 17.0. The number of benzene rings is 6. The van der Waals surface area contributed by atoms with Crippen molar-refractivity contribution in [1.29, 1.82) is 0 Å². The summed E-state index contributed by atoms with van der Waals surface area (Å²) in [7, 11) is 0. The van der Waals surface area contributed by atoms with Crippen LogP contribution in [0.1, 0.15) is 12.8 Å². The van der Waals surface area contributed by atoms with Gasteiger partial charge in [0, 0.05) is 52.9 Å². The number of aromatic nitrogens is 2. The van der Waals surface area contributed by atoms with E-state index >= 15 is 0 Å². The lowest BCUT2D eigenvalue weighted by atomic mass is 9.83. The van der Waals surface area contributed by atoms with Gasteiger partial charge in [-0.25, -0.2) is 0 Å². The minimum absolute atomic E-state index is 0.476. The Labute approximate surface area is 299 Å². The van der Waals surface area contributed by atoms with E-state index in [2.05, 4.69) is 179 Å². The highest BCUT2D eigenvalue weighted by Crippen LogP contribution is 2.39. The summed E-state index contributed by atoms with van der Waals surface area (Å²) in [5, 5.41) is 9.37. The maximum absolute atomic E-state index is 2.58. The van der Waals surface area contributed by atoms with Gasteiger partial charge in [-0.1, -0.05) is 115 Å². The van der Waals surface area contributed by atoms with Crippen LogP contribution in [0.4, 0.5) is 0 Å². The molecule has 0 radical (unpaired) electrons. The molecule has 9 aromatic rings. The number of allylic oxidation sites excluding steroid dienone is 4. The molecule has 0 saturated heterocycles. The zero-order chi connectivity index (χ0) is 33.5. The first kappa shape index (κ1) is 28.9. The van der Waals surface area contributed by atoms with E-state index in [1.165, 1.54) is 86.0 Å². The van der Waals surface area contributed by atoms with Crippen LogP contribution >= 0.6 is 11.3 Å². The SMILES string of the molecule is C1=CCC(C2C=c3c(c4c5sc6ccccc6c5ccc4n3-c3ccc(-c4ccc5c(c4)c4ccccc4n5-c4ccccc4)cc3)=CC2)C=C1. The Bertz CT molecular complexity index is 3020. The molecule has 0 N–H and O–H groups in total. The highest BCUT2D eigenvalue weighted by atomic mass is 32.1. The number of para-hydroxylation sites is 2. The summed E-state index contributed by atoms with van der Waals surface area (Å²) in [5.74, 6) is 1.00. The second-order valence-corrected chi connectivity index (χ2v) is 15.1. The molecular formula is C48H34N2S. The molecule has 3 aromatic heterocycles. The lowest BCUT2D eigenvalue weighted by Gasteiger charge is -2.23. The first-order valence-corrected chi connectivity index (χ1v) is 18.8. The van der Waals surface area contributed by atoms with E-state index < -0.39 is 0 Å². The van der Waals surface area contributed by atoms with Crippen molar-refractivity contribution in [1.82, 2.24) is 9.13 Å². The molecular weight excluding hydrogens is 637 g/mol. The Hall–Kier alpha value is -5.90. The summed E-state index contributed by atoms with van der Waals surface area (Å²) < 4.78 is 7.66. The van der Waals surface area contributed by atoms with E-state index in [0.717, 1.165) is 12.8 Å². The number of hydrogen-bond donors (Lipinski definition) is 0. The van der Waals surface area contributed by atoms with Gasteiger partial charge in [0.25, 0.3) is 0 Å². The topological polar surface area (TPSA) is 9.86 Å². The smallest absolute Gasteiger partial charge is 0.0555 e. The van der Waals surface area contributed by atoms with Crippen LogP contribution in [0.2, 0.25) is 0 Å². The first-order valence-electron chi connectivity index (χ1n) is 18.0. The van der Waals surface area contributed by atoms with Gasteiger partial charge in [-0.2, -0.15) is 0 Å². The summed E-state index contributed by atoms with van der Waals surface area (Å²) in [6.45, 7) is 0. The van der Waals surface area contributed by atoms with Crippen molar-refractivity contribution in [3.8, 4) is 22.5 Å². The van der Waals surface area contributed by atoms with Crippen molar-refractivity contribution >= 4 is 76.4 Å². The van der Waals surface area contributed by atoms with Crippen molar-refractivity contribution in [2.45, 2.75) is 12.8 Å². The van der Waals surface area contributed by atoms with Gasteiger partial charge < -0.3 is 9.13 Å². The first-order chi connectivity index (χ1) is 25.3. The molecule has 6 aromatic carbocycles. The van der Waals surface area contributed by atoms with E-state index in [0.29, 0.717) is 11.8 Å². The molecule has 242 valence electrons. The van der Waals surface area contributed by atoms with Crippen molar-refractivity contribution in [3.05, 3.63) is 168 Å². The molecule has 0 saturated carbocycles. The average Bonchev–Trinajstić information content (AvgIpc) is 3.86. The van der Waals surface area contributed by atoms with E-state index in [1.54, 1.807) is 0 Å². The summed E-state index contributed by atoms with van der Waals surface area (Å²) >= 11 is 1.93. The van der Waals surface area contributed by atoms with Crippen LogP contribution in [-0.4, -0.2) is 9.13 Å². The Morgan fingerprint density at radius 1 is 0.529 bits per heavy atom. The zero-order valence-electron chi connectivity index (χ0n) is 28.0. The average molecular weight is 671 g/mol. The van der Waals surface area contributed by atoms with Crippen LogP contribution < -0.4 is 10.6 Å². The molecule has 2 aliphatic rings. The van der Waals surface area contributed by atoms with Crippen molar-refractivity contribution in [2.75, 3.05) is 0 Å². The van der Waals surface area contributed by atoms with Gasteiger partial charge in [0.1, 0.15) is 0 Å². The summed E-state index contributed by atoms with van der Waals surface area (Å²) in [5.41, 5.74) is 8.59. The van der Waals surface area contributed by atoms with E-state index in [1.807, 2.05) is 11.3 Å². The molecule has 51 heavy (non-hydrogen) atoms. The van der Waals surface area contributed by atoms with Gasteiger partial charge in [-0.15, -0.1) is 11.3 Å². The van der Waals surface area contributed by atoms with Gasteiger partial charge in [-0.05, 0) is 90.4 Å². The highest BCUT2D eigenvalue weighted by Gasteiger charge is 2.23. The molecule has 0 aliphatic heterocycles. The van der Waals surface area contributed by atoms with Crippen LogP contribution in [0.5, 0.6) is 0 Å². The summed E-state index contributed by atoms with van der Waals surface area (Å²) in [6.07, 6.45) is 16.4. The second-order valence-electron chi connectivity index (χ2n) is 14.0. The van der Waals surface area contributed by atoms with Crippen molar-refractivity contribution in [2.24, 2.45) is 11.8 Å². The van der Waals surface area contributed by atoms with Crippen LogP contribution in [0, 0.1) is 11.8 Å². The summed E-state index contributed by atoms with van der Waals surface area (Å²) in [6, 6.07) is 49.2. The maximum Gasteiger partial charge on any atom is 0.0555 e. The number of rotatable bonds is 4. The third-order valence-electron chi connectivity index (χ3n) is 11.2. The van der Waals surface area contributed by atoms with Crippen molar-refractivity contribution < 1.29 is 0 Å². The predicted molar refractivity (Wildman–Crippen MR) is 219 cm³/mol. The molecule has 0 amide bonds.